The van der Waals surface area contributed by atoms with Gasteiger partial charge in [-0.05, 0) is 47.0 Å². The van der Waals surface area contributed by atoms with Gasteiger partial charge in [0.2, 0.25) is 0 Å². The molecule has 0 aliphatic rings. The van der Waals surface area contributed by atoms with E-state index in [0.717, 1.165) is 30.2 Å². The second-order valence-corrected chi connectivity index (χ2v) is 5.44. The number of methoxy groups -OCH3 is 1. The molecule has 1 N–H and O–H groups in total. The van der Waals surface area contributed by atoms with Crippen LogP contribution in [-0.2, 0) is 0 Å². The molecule has 0 atom stereocenters. The highest BCUT2D eigenvalue weighted by atomic mass is 79.9. The summed E-state index contributed by atoms with van der Waals surface area (Å²) in [6, 6.07) is 5.36. The van der Waals surface area contributed by atoms with Gasteiger partial charge in [0.25, 0.3) is 5.91 Å². The molecule has 1 aromatic rings. The first kappa shape index (κ1) is 16.3. The Balaban J connectivity index is 2.40. The number of nitrogens with one attached hydrogen (secondary N) is 1. The molecule has 0 radical (unpaired) electrons. The topological polar surface area (TPSA) is 38.3 Å². The van der Waals surface area contributed by atoms with Crippen molar-refractivity contribution in [1.29, 1.82) is 0 Å². The standard InChI is InChI=1S/C14H19BrClNO2/c1-19-11-6-7-13(15)12(10-11)14(18)17-9-5-3-2-4-8-16/h6-7,10H,2-5,8-9H2,1H3,(H,17,18). The lowest BCUT2D eigenvalue weighted by Gasteiger charge is -2.08. The summed E-state index contributed by atoms with van der Waals surface area (Å²) in [5, 5.41) is 2.91. The lowest BCUT2D eigenvalue weighted by atomic mass is 10.2. The first-order valence-corrected chi connectivity index (χ1v) is 7.69. The number of hydrogen-bond donors (Lipinski definition) is 1. The van der Waals surface area contributed by atoms with Gasteiger partial charge in [0.1, 0.15) is 5.75 Å². The molecule has 1 aromatic carbocycles. The molecule has 0 aliphatic carbocycles. The Kier molecular flexibility index (Phi) is 7.91. The third-order valence-electron chi connectivity index (χ3n) is 2.76. The Bertz CT molecular complexity index is 412. The molecule has 19 heavy (non-hydrogen) atoms. The molecule has 1 rings (SSSR count). The van der Waals surface area contributed by atoms with Crippen molar-refractivity contribution in [3.05, 3.63) is 28.2 Å². The van der Waals surface area contributed by atoms with E-state index in [1.807, 2.05) is 12.1 Å². The number of hydrogen-bond acceptors (Lipinski definition) is 2. The van der Waals surface area contributed by atoms with Crippen LogP contribution < -0.4 is 10.1 Å². The zero-order valence-corrected chi connectivity index (χ0v) is 13.4. The molecular weight excluding hydrogens is 330 g/mol. The number of rotatable bonds is 8. The van der Waals surface area contributed by atoms with Crippen molar-refractivity contribution in [3.63, 3.8) is 0 Å². The third-order valence-corrected chi connectivity index (χ3v) is 3.72. The van der Waals surface area contributed by atoms with Gasteiger partial charge < -0.3 is 10.1 Å². The highest BCUT2D eigenvalue weighted by Gasteiger charge is 2.10. The Morgan fingerprint density at radius 1 is 1.32 bits per heavy atom. The van der Waals surface area contributed by atoms with E-state index in [4.69, 9.17) is 16.3 Å². The SMILES string of the molecule is COc1ccc(Br)c(C(=O)NCCCCCCCl)c1. The average molecular weight is 349 g/mol. The summed E-state index contributed by atoms with van der Waals surface area (Å²) in [6.07, 6.45) is 4.22. The zero-order valence-electron chi connectivity index (χ0n) is 11.0. The fraction of sp³-hybridized carbons (Fsp3) is 0.500. The van der Waals surface area contributed by atoms with Gasteiger partial charge in [0, 0.05) is 16.9 Å². The van der Waals surface area contributed by atoms with E-state index in [9.17, 15) is 4.79 Å². The molecule has 0 saturated heterocycles. The van der Waals surface area contributed by atoms with E-state index in [0.29, 0.717) is 23.7 Å². The molecule has 0 fully saturated rings. The first-order chi connectivity index (χ1) is 9.19. The lowest BCUT2D eigenvalue weighted by molar-refractivity contribution is 0.0952. The summed E-state index contributed by atoms with van der Waals surface area (Å²) in [6.45, 7) is 0.685. The van der Waals surface area contributed by atoms with Crippen molar-refractivity contribution >= 4 is 33.4 Å². The molecule has 1 amide bonds. The van der Waals surface area contributed by atoms with Crippen molar-refractivity contribution in [3.8, 4) is 5.75 Å². The van der Waals surface area contributed by atoms with Gasteiger partial charge >= 0.3 is 0 Å². The Morgan fingerprint density at radius 3 is 2.74 bits per heavy atom. The first-order valence-electron chi connectivity index (χ1n) is 6.36. The predicted molar refractivity (Wildman–Crippen MR) is 82.2 cm³/mol. The zero-order chi connectivity index (χ0) is 14.1. The van der Waals surface area contributed by atoms with E-state index in [1.54, 1.807) is 13.2 Å². The van der Waals surface area contributed by atoms with Crippen LogP contribution in [0.5, 0.6) is 5.75 Å². The fourth-order valence-electron chi connectivity index (χ4n) is 1.68. The summed E-state index contributed by atoms with van der Waals surface area (Å²) in [7, 11) is 1.59. The number of carbonyl (C=O) groups is 1. The second-order valence-electron chi connectivity index (χ2n) is 4.20. The summed E-state index contributed by atoms with van der Waals surface area (Å²) < 4.78 is 5.89. The number of benzene rings is 1. The third kappa shape index (κ3) is 5.83. The number of alkyl halides is 1. The highest BCUT2D eigenvalue weighted by Crippen LogP contribution is 2.22. The maximum Gasteiger partial charge on any atom is 0.252 e. The normalized spacial score (nSPS) is 10.3. The number of amides is 1. The Hall–Kier alpha value is -0.740. The summed E-state index contributed by atoms with van der Waals surface area (Å²) in [5.74, 6) is 1.31. The van der Waals surface area contributed by atoms with Gasteiger partial charge in [-0.3, -0.25) is 4.79 Å². The highest BCUT2D eigenvalue weighted by molar-refractivity contribution is 9.10. The van der Waals surface area contributed by atoms with Gasteiger partial charge in [-0.2, -0.15) is 0 Å². The van der Waals surface area contributed by atoms with Crippen molar-refractivity contribution in [1.82, 2.24) is 5.32 Å². The van der Waals surface area contributed by atoms with Crippen molar-refractivity contribution in [2.75, 3.05) is 19.5 Å². The van der Waals surface area contributed by atoms with Crippen LogP contribution in [0.1, 0.15) is 36.0 Å². The van der Waals surface area contributed by atoms with Crippen molar-refractivity contribution in [2.45, 2.75) is 25.7 Å². The van der Waals surface area contributed by atoms with Gasteiger partial charge in [0.05, 0.1) is 12.7 Å². The summed E-state index contributed by atoms with van der Waals surface area (Å²) in [4.78, 5) is 12.0. The summed E-state index contributed by atoms with van der Waals surface area (Å²) >= 11 is 8.98. The van der Waals surface area contributed by atoms with Gasteiger partial charge in [-0.1, -0.05) is 12.8 Å². The Morgan fingerprint density at radius 2 is 2.05 bits per heavy atom. The van der Waals surface area contributed by atoms with Crippen molar-refractivity contribution < 1.29 is 9.53 Å². The lowest BCUT2D eigenvalue weighted by Crippen LogP contribution is -2.24. The van der Waals surface area contributed by atoms with Crippen LogP contribution in [0, 0.1) is 0 Å². The largest absolute Gasteiger partial charge is 0.497 e. The van der Waals surface area contributed by atoms with Crippen LogP contribution in [-0.4, -0.2) is 25.4 Å². The minimum Gasteiger partial charge on any atom is -0.497 e. The second kappa shape index (κ2) is 9.21. The van der Waals surface area contributed by atoms with Crippen LogP contribution in [0.4, 0.5) is 0 Å². The van der Waals surface area contributed by atoms with Gasteiger partial charge in [-0.25, -0.2) is 0 Å². The summed E-state index contributed by atoms with van der Waals surface area (Å²) in [5.41, 5.74) is 0.597. The smallest absolute Gasteiger partial charge is 0.252 e. The maximum absolute atomic E-state index is 12.0. The van der Waals surface area contributed by atoms with Crippen LogP contribution in [0.25, 0.3) is 0 Å². The molecule has 0 bridgehead atoms. The quantitative estimate of drug-likeness (QED) is 0.570. The van der Waals surface area contributed by atoms with Crippen LogP contribution in [0.2, 0.25) is 0 Å². The molecule has 0 aliphatic heterocycles. The number of unbranched alkanes of at least 4 members (excludes halogenated alkanes) is 3. The van der Waals surface area contributed by atoms with Gasteiger partial charge in [-0.15, -0.1) is 11.6 Å². The van der Waals surface area contributed by atoms with Crippen LogP contribution in [0.15, 0.2) is 22.7 Å². The predicted octanol–water partition coefficient (Wildman–Crippen LogP) is 3.99. The Labute approximate surface area is 127 Å². The van der Waals surface area contributed by atoms with Crippen molar-refractivity contribution in [2.24, 2.45) is 0 Å². The monoisotopic (exact) mass is 347 g/mol. The molecule has 0 heterocycles. The van der Waals surface area contributed by atoms with Crippen LogP contribution in [0.3, 0.4) is 0 Å². The molecule has 106 valence electrons. The number of halogens is 2. The maximum atomic E-state index is 12.0. The van der Waals surface area contributed by atoms with E-state index < -0.39 is 0 Å². The molecule has 5 heteroatoms. The van der Waals surface area contributed by atoms with E-state index in [1.165, 1.54) is 0 Å². The fourth-order valence-corrected chi connectivity index (χ4v) is 2.29. The number of carbonyl (C=O) groups excluding carboxylic acids is 1. The van der Waals surface area contributed by atoms with Gasteiger partial charge in [0.15, 0.2) is 0 Å². The minimum absolute atomic E-state index is 0.0804. The molecule has 0 saturated carbocycles. The molecule has 0 spiro atoms. The molecule has 0 aromatic heterocycles. The van der Waals surface area contributed by atoms with E-state index in [-0.39, 0.29) is 5.91 Å². The minimum atomic E-state index is -0.0804. The molecule has 0 unspecified atom stereocenters. The number of ether oxygens (including phenoxy) is 1. The average Bonchev–Trinajstić information content (AvgIpc) is 2.43. The van der Waals surface area contributed by atoms with Crippen LogP contribution >= 0.6 is 27.5 Å². The van der Waals surface area contributed by atoms with E-state index >= 15 is 0 Å². The molecule has 3 nitrogen and oxygen atoms in total. The van der Waals surface area contributed by atoms with E-state index in [2.05, 4.69) is 21.2 Å². The molecular formula is C14H19BrClNO2.